The van der Waals surface area contributed by atoms with Crippen LogP contribution in [0.3, 0.4) is 0 Å². The van der Waals surface area contributed by atoms with Crippen LogP contribution in [0.1, 0.15) is 12.5 Å². The second-order valence-corrected chi connectivity index (χ2v) is 6.24. The normalized spacial score (nSPS) is 17.5. The lowest BCUT2D eigenvalue weighted by atomic mass is 10.1. The fourth-order valence-electron chi connectivity index (χ4n) is 2.87. The molecule has 5 nitrogen and oxygen atoms in total. The molecule has 1 aliphatic rings. The molecule has 0 spiro atoms. The summed E-state index contributed by atoms with van der Waals surface area (Å²) in [5, 5.41) is 0. The van der Waals surface area contributed by atoms with E-state index in [4.69, 9.17) is 4.74 Å². The molecule has 2 rings (SSSR count). The van der Waals surface area contributed by atoms with Crippen LogP contribution in [-0.2, 0) is 16.1 Å². The minimum Gasteiger partial charge on any atom is -0.383 e. The first-order valence-corrected chi connectivity index (χ1v) is 8.36. The smallest absolute Gasteiger partial charge is 0.239 e. The van der Waals surface area contributed by atoms with Crippen LogP contribution in [0.5, 0.6) is 0 Å². The SMILES string of the molecule is COCCN1CCN(C(=O)C(C)N(C)Cc2ccccc2)CC1. The zero-order chi connectivity index (χ0) is 16.7. The number of ether oxygens (including phenoxy) is 1. The van der Waals surface area contributed by atoms with Gasteiger partial charge in [0.15, 0.2) is 0 Å². The molecule has 1 aromatic rings. The molecule has 0 aliphatic carbocycles. The number of hydrogen-bond donors (Lipinski definition) is 0. The largest absolute Gasteiger partial charge is 0.383 e. The number of piperazine rings is 1. The summed E-state index contributed by atoms with van der Waals surface area (Å²) in [5.41, 5.74) is 1.24. The maximum Gasteiger partial charge on any atom is 0.239 e. The Kier molecular flexibility index (Phi) is 7.02. The molecule has 1 saturated heterocycles. The van der Waals surface area contributed by atoms with Crippen molar-refractivity contribution in [3.63, 3.8) is 0 Å². The fourth-order valence-corrected chi connectivity index (χ4v) is 2.87. The van der Waals surface area contributed by atoms with Crippen LogP contribution >= 0.6 is 0 Å². The first-order chi connectivity index (χ1) is 11.1. The van der Waals surface area contributed by atoms with Gasteiger partial charge in [-0.25, -0.2) is 0 Å². The third kappa shape index (κ3) is 5.30. The Hall–Kier alpha value is -1.43. The summed E-state index contributed by atoms with van der Waals surface area (Å²) in [5.74, 6) is 0.231. The van der Waals surface area contributed by atoms with Crippen LogP contribution in [0.15, 0.2) is 30.3 Å². The third-order valence-corrected chi connectivity index (χ3v) is 4.59. The molecule has 1 fully saturated rings. The van der Waals surface area contributed by atoms with Crippen molar-refractivity contribution in [3.8, 4) is 0 Å². The summed E-state index contributed by atoms with van der Waals surface area (Å²) in [6, 6.07) is 10.2. The van der Waals surface area contributed by atoms with Crippen molar-refractivity contribution < 1.29 is 9.53 Å². The molecular weight excluding hydrogens is 290 g/mol. The molecule has 23 heavy (non-hydrogen) atoms. The standard InChI is InChI=1S/C18H29N3O2/c1-16(19(2)15-17-7-5-4-6-8-17)18(22)21-11-9-20(10-12-21)13-14-23-3/h4-8,16H,9-15H2,1-3H3. The zero-order valence-electron chi connectivity index (χ0n) is 14.6. The van der Waals surface area contributed by atoms with Gasteiger partial charge in [-0.05, 0) is 19.5 Å². The Morgan fingerprint density at radius 3 is 2.48 bits per heavy atom. The van der Waals surface area contributed by atoms with E-state index in [2.05, 4.69) is 21.9 Å². The maximum absolute atomic E-state index is 12.7. The molecule has 128 valence electrons. The van der Waals surface area contributed by atoms with Gasteiger partial charge in [-0.3, -0.25) is 14.6 Å². The van der Waals surface area contributed by atoms with E-state index in [-0.39, 0.29) is 11.9 Å². The Balaban J connectivity index is 1.80. The molecule has 1 aromatic carbocycles. The average molecular weight is 319 g/mol. The minimum atomic E-state index is -0.0965. The molecular formula is C18H29N3O2. The molecule has 1 heterocycles. The zero-order valence-corrected chi connectivity index (χ0v) is 14.6. The van der Waals surface area contributed by atoms with Gasteiger partial charge in [-0.1, -0.05) is 30.3 Å². The van der Waals surface area contributed by atoms with E-state index in [1.165, 1.54) is 5.56 Å². The van der Waals surface area contributed by atoms with Gasteiger partial charge in [-0.15, -0.1) is 0 Å². The highest BCUT2D eigenvalue weighted by Gasteiger charge is 2.26. The molecule has 0 N–H and O–H groups in total. The summed E-state index contributed by atoms with van der Waals surface area (Å²) in [6.45, 7) is 7.99. The second kappa shape index (κ2) is 9.01. The summed E-state index contributed by atoms with van der Waals surface area (Å²) >= 11 is 0. The summed E-state index contributed by atoms with van der Waals surface area (Å²) in [6.07, 6.45) is 0. The van der Waals surface area contributed by atoms with Crippen LogP contribution in [0.25, 0.3) is 0 Å². The highest BCUT2D eigenvalue weighted by atomic mass is 16.5. The van der Waals surface area contributed by atoms with E-state index in [0.717, 1.165) is 45.9 Å². The van der Waals surface area contributed by atoms with Gasteiger partial charge in [0.25, 0.3) is 0 Å². The second-order valence-electron chi connectivity index (χ2n) is 6.24. The Labute approximate surface area is 139 Å². The van der Waals surface area contributed by atoms with Crippen LogP contribution in [0.4, 0.5) is 0 Å². The first-order valence-electron chi connectivity index (χ1n) is 8.36. The number of likely N-dealkylation sites (N-methyl/N-ethyl adjacent to an activating group) is 1. The number of hydrogen-bond acceptors (Lipinski definition) is 4. The highest BCUT2D eigenvalue weighted by molar-refractivity contribution is 5.81. The van der Waals surface area contributed by atoms with Crippen LogP contribution in [-0.4, -0.2) is 80.1 Å². The van der Waals surface area contributed by atoms with E-state index >= 15 is 0 Å². The predicted octanol–water partition coefficient (Wildman–Crippen LogP) is 1.30. The lowest BCUT2D eigenvalue weighted by Crippen LogP contribution is -2.53. The minimum absolute atomic E-state index is 0.0965. The van der Waals surface area contributed by atoms with Crippen molar-refractivity contribution in [1.82, 2.24) is 14.7 Å². The van der Waals surface area contributed by atoms with E-state index in [1.807, 2.05) is 37.1 Å². The van der Waals surface area contributed by atoms with E-state index in [9.17, 15) is 4.79 Å². The number of rotatable bonds is 7. The van der Waals surface area contributed by atoms with Gasteiger partial charge in [0, 0.05) is 46.4 Å². The number of carbonyl (C=O) groups excluding carboxylic acids is 1. The summed E-state index contributed by atoms with van der Waals surface area (Å²) in [7, 11) is 3.74. The highest BCUT2D eigenvalue weighted by Crippen LogP contribution is 2.10. The number of benzene rings is 1. The van der Waals surface area contributed by atoms with Gasteiger partial charge < -0.3 is 9.64 Å². The van der Waals surface area contributed by atoms with Crippen LogP contribution in [0.2, 0.25) is 0 Å². The number of methoxy groups -OCH3 is 1. The predicted molar refractivity (Wildman–Crippen MR) is 92.3 cm³/mol. The van der Waals surface area contributed by atoms with Crippen molar-refractivity contribution in [2.75, 3.05) is 53.5 Å². The fraction of sp³-hybridized carbons (Fsp3) is 0.611. The van der Waals surface area contributed by atoms with Crippen molar-refractivity contribution in [3.05, 3.63) is 35.9 Å². The summed E-state index contributed by atoms with van der Waals surface area (Å²) < 4.78 is 5.12. The molecule has 1 unspecified atom stereocenters. The number of amides is 1. The third-order valence-electron chi connectivity index (χ3n) is 4.59. The molecule has 1 aliphatic heterocycles. The molecule has 1 amide bonds. The van der Waals surface area contributed by atoms with Crippen LogP contribution in [0, 0.1) is 0 Å². The van der Waals surface area contributed by atoms with E-state index < -0.39 is 0 Å². The van der Waals surface area contributed by atoms with Crippen molar-refractivity contribution in [2.45, 2.75) is 19.5 Å². The van der Waals surface area contributed by atoms with Gasteiger partial charge in [-0.2, -0.15) is 0 Å². The monoisotopic (exact) mass is 319 g/mol. The van der Waals surface area contributed by atoms with E-state index in [0.29, 0.717) is 0 Å². The topological polar surface area (TPSA) is 36.0 Å². The molecule has 1 atom stereocenters. The van der Waals surface area contributed by atoms with Crippen molar-refractivity contribution in [2.24, 2.45) is 0 Å². The van der Waals surface area contributed by atoms with Crippen molar-refractivity contribution >= 4 is 5.91 Å². The van der Waals surface area contributed by atoms with Gasteiger partial charge >= 0.3 is 0 Å². The molecule has 5 heteroatoms. The van der Waals surface area contributed by atoms with E-state index in [1.54, 1.807) is 7.11 Å². The lowest BCUT2D eigenvalue weighted by molar-refractivity contribution is -0.138. The summed E-state index contributed by atoms with van der Waals surface area (Å²) in [4.78, 5) is 19.2. The Morgan fingerprint density at radius 2 is 1.87 bits per heavy atom. The van der Waals surface area contributed by atoms with Gasteiger partial charge in [0.2, 0.25) is 5.91 Å². The maximum atomic E-state index is 12.7. The Morgan fingerprint density at radius 1 is 1.22 bits per heavy atom. The quantitative estimate of drug-likeness (QED) is 0.759. The lowest BCUT2D eigenvalue weighted by Gasteiger charge is -2.37. The van der Waals surface area contributed by atoms with Crippen molar-refractivity contribution in [1.29, 1.82) is 0 Å². The van der Waals surface area contributed by atoms with Gasteiger partial charge in [0.05, 0.1) is 12.6 Å². The first kappa shape index (κ1) is 17.9. The molecule has 0 aromatic heterocycles. The molecule has 0 bridgehead atoms. The molecule has 0 saturated carbocycles. The van der Waals surface area contributed by atoms with Crippen LogP contribution < -0.4 is 0 Å². The van der Waals surface area contributed by atoms with Gasteiger partial charge in [0.1, 0.15) is 0 Å². The molecule has 0 radical (unpaired) electrons. The Bertz CT molecular complexity index is 472. The number of nitrogens with zero attached hydrogens (tertiary/aromatic N) is 3. The average Bonchev–Trinajstić information content (AvgIpc) is 2.60. The number of carbonyl (C=O) groups is 1.